The Morgan fingerprint density at radius 2 is 1.69 bits per heavy atom. The van der Waals surface area contributed by atoms with Crippen LogP contribution >= 0.6 is 23.2 Å². The number of benzene rings is 2. The van der Waals surface area contributed by atoms with E-state index in [1.807, 2.05) is 24.3 Å². The Morgan fingerprint density at radius 1 is 1.08 bits per heavy atom. The van der Waals surface area contributed by atoms with E-state index in [1.54, 1.807) is 25.3 Å². The first-order chi connectivity index (χ1) is 12.4. The minimum Gasteiger partial charge on any atom is -0.497 e. The fraction of sp³-hybridized carbons (Fsp3) is 0.263. The molecule has 0 heterocycles. The van der Waals surface area contributed by atoms with Gasteiger partial charge in [0.1, 0.15) is 5.75 Å². The van der Waals surface area contributed by atoms with E-state index in [0.717, 1.165) is 11.3 Å². The van der Waals surface area contributed by atoms with Gasteiger partial charge >= 0.3 is 0 Å². The summed E-state index contributed by atoms with van der Waals surface area (Å²) < 4.78 is 5.12. The second-order valence-electron chi connectivity index (χ2n) is 5.74. The lowest BCUT2D eigenvalue weighted by molar-refractivity contribution is -0.132. The molecule has 0 saturated carbocycles. The zero-order valence-corrected chi connectivity index (χ0v) is 16.1. The third-order valence-corrected chi connectivity index (χ3v) is 4.19. The highest BCUT2D eigenvalue weighted by molar-refractivity contribution is 6.35. The smallest absolute Gasteiger partial charge is 0.243 e. The Kier molecular flexibility index (Phi) is 7.30. The van der Waals surface area contributed by atoms with Crippen LogP contribution in [0.2, 0.25) is 10.0 Å². The van der Waals surface area contributed by atoms with Crippen LogP contribution in [-0.4, -0.2) is 36.9 Å². The average Bonchev–Trinajstić information content (AvgIpc) is 2.57. The van der Waals surface area contributed by atoms with Crippen molar-refractivity contribution in [1.29, 1.82) is 0 Å². The summed E-state index contributed by atoms with van der Waals surface area (Å²) in [6.45, 7) is 1.83. The summed E-state index contributed by atoms with van der Waals surface area (Å²) in [7, 11) is 1.61. The molecule has 0 fully saturated rings. The molecule has 0 saturated heterocycles. The van der Waals surface area contributed by atoms with Gasteiger partial charge in [-0.05, 0) is 42.3 Å². The van der Waals surface area contributed by atoms with Gasteiger partial charge in [0, 0.05) is 29.2 Å². The molecule has 7 heteroatoms. The van der Waals surface area contributed by atoms with Crippen LogP contribution < -0.4 is 10.1 Å². The summed E-state index contributed by atoms with van der Waals surface area (Å²) in [5.41, 5.74) is 1.55. The second-order valence-corrected chi connectivity index (χ2v) is 6.62. The average molecular weight is 395 g/mol. The zero-order chi connectivity index (χ0) is 19.1. The van der Waals surface area contributed by atoms with Crippen molar-refractivity contribution in [2.24, 2.45) is 0 Å². The van der Waals surface area contributed by atoms with Crippen LogP contribution in [-0.2, 0) is 16.0 Å². The highest BCUT2D eigenvalue weighted by atomic mass is 35.5. The molecule has 2 aromatic carbocycles. The van der Waals surface area contributed by atoms with Crippen molar-refractivity contribution in [3.8, 4) is 5.75 Å². The van der Waals surface area contributed by atoms with Crippen LogP contribution in [0.25, 0.3) is 0 Å². The second kappa shape index (κ2) is 9.46. The van der Waals surface area contributed by atoms with Crippen molar-refractivity contribution < 1.29 is 14.3 Å². The molecule has 0 aliphatic heterocycles. The number of halogens is 2. The first-order valence-corrected chi connectivity index (χ1v) is 8.77. The Labute approximate surface area is 162 Å². The summed E-state index contributed by atoms with van der Waals surface area (Å²) in [6, 6.07) is 12.4. The fourth-order valence-electron chi connectivity index (χ4n) is 2.40. The van der Waals surface area contributed by atoms with Gasteiger partial charge in [-0.25, -0.2) is 0 Å². The molecule has 2 rings (SSSR count). The molecule has 138 valence electrons. The SMILES string of the molecule is COc1ccc(CCN(CC(=O)Nc2cc(Cl)cc(Cl)c2)C(C)=O)cc1. The molecule has 26 heavy (non-hydrogen) atoms. The van der Waals surface area contributed by atoms with Crippen LogP contribution in [0, 0.1) is 0 Å². The first-order valence-electron chi connectivity index (χ1n) is 8.02. The van der Waals surface area contributed by atoms with E-state index >= 15 is 0 Å². The predicted molar refractivity (Wildman–Crippen MR) is 104 cm³/mol. The number of anilines is 1. The molecule has 2 amide bonds. The highest BCUT2D eigenvalue weighted by Gasteiger charge is 2.14. The van der Waals surface area contributed by atoms with Crippen molar-refractivity contribution in [3.63, 3.8) is 0 Å². The maximum absolute atomic E-state index is 12.2. The van der Waals surface area contributed by atoms with E-state index in [4.69, 9.17) is 27.9 Å². The number of amides is 2. The summed E-state index contributed by atoms with van der Waals surface area (Å²) >= 11 is 11.8. The Bertz CT molecular complexity index is 759. The number of hydrogen-bond acceptors (Lipinski definition) is 3. The van der Waals surface area contributed by atoms with Crippen molar-refractivity contribution in [1.82, 2.24) is 4.90 Å². The lowest BCUT2D eigenvalue weighted by Gasteiger charge is -2.20. The molecule has 0 unspecified atom stereocenters. The van der Waals surface area contributed by atoms with Crippen molar-refractivity contribution in [2.45, 2.75) is 13.3 Å². The van der Waals surface area contributed by atoms with Gasteiger partial charge in [0.2, 0.25) is 11.8 Å². The quantitative estimate of drug-likeness (QED) is 0.770. The molecule has 0 aliphatic carbocycles. The van der Waals surface area contributed by atoms with Gasteiger partial charge in [-0.3, -0.25) is 9.59 Å². The van der Waals surface area contributed by atoms with Crippen LogP contribution in [0.4, 0.5) is 5.69 Å². The third kappa shape index (κ3) is 6.24. The zero-order valence-electron chi connectivity index (χ0n) is 14.6. The molecular weight excluding hydrogens is 375 g/mol. The number of rotatable bonds is 7. The Balaban J connectivity index is 1.93. The number of carbonyl (C=O) groups excluding carboxylic acids is 2. The van der Waals surface area contributed by atoms with Crippen molar-refractivity contribution >= 4 is 40.7 Å². The van der Waals surface area contributed by atoms with E-state index in [-0.39, 0.29) is 18.4 Å². The minimum absolute atomic E-state index is 0.0460. The third-order valence-electron chi connectivity index (χ3n) is 3.76. The number of ether oxygens (including phenoxy) is 1. The fourth-order valence-corrected chi connectivity index (χ4v) is 2.93. The molecule has 0 aliphatic rings. The molecular formula is C19H20Cl2N2O3. The maximum Gasteiger partial charge on any atom is 0.243 e. The van der Waals surface area contributed by atoms with E-state index in [9.17, 15) is 9.59 Å². The topological polar surface area (TPSA) is 58.6 Å². The molecule has 0 aromatic heterocycles. The molecule has 1 N–H and O–H groups in total. The Hall–Kier alpha value is -2.24. The summed E-state index contributed by atoms with van der Waals surface area (Å²) in [4.78, 5) is 25.6. The van der Waals surface area contributed by atoms with Crippen molar-refractivity contribution in [2.75, 3.05) is 25.5 Å². The van der Waals surface area contributed by atoms with E-state index < -0.39 is 0 Å². The normalized spacial score (nSPS) is 10.3. The number of nitrogens with zero attached hydrogens (tertiary/aromatic N) is 1. The van der Waals surface area contributed by atoms with Gasteiger partial charge in [-0.2, -0.15) is 0 Å². The van der Waals surface area contributed by atoms with Gasteiger partial charge in [-0.15, -0.1) is 0 Å². The number of nitrogens with one attached hydrogen (secondary N) is 1. The summed E-state index contributed by atoms with van der Waals surface area (Å²) in [6.07, 6.45) is 0.639. The largest absolute Gasteiger partial charge is 0.497 e. The number of methoxy groups -OCH3 is 1. The molecule has 2 aromatic rings. The van der Waals surface area contributed by atoms with E-state index in [0.29, 0.717) is 28.7 Å². The van der Waals surface area contributed by atoms with Gasteiger partial charge in [0.25, 0.3) is 0 Å². The predicted octanol–water partition coefficient (Wildman–Crippen LogP) is 4.03. The van der Waals surface area contributed by atoms with Gasteiger partial charge < -0.3 is 15.0 Å². The summed E-state index contributed by atoms with van der Waals surface area (Å²) in [5.74, 6) is 0.294. The molecule has 0 bridgehead atoms. The molecule has 0 atom stereocenters. The van der Waals surface area contributed by atoms with E-state index in [2.05, 4.69) is 5.32 Å². The van der Waals surface area contributed by atoms with Gasteiger partial charge in [0.15, 0.2) is 0 Å². The number of hydrogen-bond donors (Lipinski definition) is 1. The highest BCUT2D eigenvalue weighted by Crippen LogP contribution is 2.22. The standard InChI is InChI=1S/C19H20Cl2N2O3/c1-13(24)23(8-7-14-3-5-18(26-2)6-4-14)12-19(25)22-17-10-15(20)9-16(21)11-17/h3-6,9-11H,7-8,12H2,1-2H3,(H,22,25). The lowest BCUT2D eigenvalue weighted by atomic mass is 10.1. The first kappa shape index (κ1) is 20.1. The lowest BCUT2D eigenvalue weighted by Crippen LogP contribution is -2.38. The van der Waals surface area contributed by atoms with Crippen LogP contribution in [0.3, 0.4) is 0 Å². The van der Waals surface area contributed by atoms with Crippen LogP contribution in [0.1, 0.15) is 12.5 Å². The van der Waals surface area contributed by atoms with Gasteiger partial charge in [0.05, 0.1) is 13.7 Å². The molecule has 0 radical (unpaired) electrons. The maximum atomic E-state index is 12.2. The van der Waals surface area contributed by atoms with Crippen LogP contribution in [0.15, 0.2) is 42.5 Å². The van der Waals surface area contributed by atoms with E-state index in [1.165, 1.54) is 11.8 Å². The monoisotopic (exact) mass is 394 g/mol. The number of carbonyl (C=O) groups is 2. The van der Waals surface area contributed by atoms with Gasteiger partial charge in [-0.1, -0.05) is 35.3 Å². The van der Waals surface area contributed by atoms with Crippen LogP contribution in [0.5, 0.6) is 5.75 Å². The summed E-state index contributed by atoms with van der Waals surface area (Å²) in [5, 5.41) is 3.56. The molecule has 5 nitrogen and oxygen atoms in total. The molecule has 0 spiro atoms. The Morgan fingerprint density at radius 3 is 2.23 bits per heavy atom. The van der Waals surface area contributed by atoms with Crippen molar-refractivity contribution in [3.05, 3.63) is 58.1 Å². The minimum atomic E-state index is -0.312.